The third kappa shape index (κ3) is 5.84. The van der Waals surface area contributed by atoms with Gasteiger partial charge in [-0.05, 0) is 38.1 Å². The SMILES string of the molecule is Cc1ccc(S(=O)(=O)OC2COC3COC(c4ccccc4)OC3C2OS(=O)(=O)c2ccc(C)cc2)cc1. The Labute approximate surface area is 222 Å². The minimum Gasteiger partial charge on any atom is -0.370 e. The number of ether oxygens (including phenoxy) is 3. The van der Waals surface area contributed by atoms with E-state index in [0.29, 0.717) is 5.56 Å². The van der Waals surface area contributed by atoms with E-state index in [1.165, 1.54) is 24.3 Å². The van der Waals surface area contributed by atoms with Crippen LogP contribution in [0.2, 0.25) is 0 Å². The molecule has 3 aromatic rings. The van der Waals surface area contributed by atoms with Gasteiger partial charge in [-0.1, -0.05) is 65.7 Å². The molecule has 3 aromatic carbocycles. The average Bonchev–Trinajstić information content (AvgIpc) is 2.90. The van der Waals surface area contributed by atoms with E-state index in [9.17, 15) is 16.8 Å². The molecule has 2 heterocycles. The Morgan fingerprint density at radius 1 is 0.684 bits per heavy atom. The van der Waals surface area contributed by atoms with Crippen LogP contribution in [-0.2, 0) is 42.8 Å². The van der Waals surface area contributed by atoms with Gasteiger partial charge in [0.15, 0.2) is 6.29 Å². The van der Waals surface area contributed by atoms with E-state index in [4.69, 9.17) is 22.6 Å². The molecule has 2 fully saturated rings. The molecule has 11 heteroatoms. The first-order valence-electron chi connectivity index (χ1n) is 12.1. The zero-order chi connectivity index (χ0) is 26.9. The molecule has 2 aliphatic rings. The largest absolute Gasteiger partial charge is 0.370 e. The lowest BCUT2D eigenvalue weighted by Crippen LogP contribution is -2.60. The summed E-state index contributed by atoms with van der Waals surface area (Å²) in [6.07, 6.45) is -5.18. The molecule has 0 spiro atoms. The smallest absolute Gasteiger partial charge is 0.297 e. The van der Waals surface area contributed by atoms with Crippen molar-refractivity contribution >= 4 is 20.2 Å². The number of hydrogen-bond acceptors (Lipinski definition) is 9. The van der Waals surface area contributed by atoms with Crippen molar-refractivity contribution in [2.45, 2.75) is 54.3 Å². The molecule has 0 N–H and O–H groups in total. The van der Waals surface area contributed by atoms with Gasteiger partial charge in [0.25, 0.3) is 20.2 Å². The molecule has 5 rings (SSSR count). The summed E-state index contributed by atoms with van der Waals surface area (Å²) < 4.78 is 81.9. The molecule has 0 saturated carbocycles. The van der Waals surface area contributed by atoms with Crippen molar-refractivity contribution in [3.63, 3.8) is 0 Å². The van der Waals surface area contributed by atoms with Crippen LogP contribution < -0.4 is 0 Å². The summed E-state index contributed by atoms with van der Waals surface area (Å²) >= 11 is 0. The number of hydrogen-bond donors (Lipinski definition) is 0. The number of aryl methyl sites for hydroxylation is 2. The van der Waals surface area contributed by atoms with Crippen LogP contribution in [-0.4, -0.2) is 54.5 Å². The van der Waals surface area contributed by atoms with E-state index in [0.717, 1.165) is 11.1 Å². The zero-order valence-electron chi connectivity index (χ0n) is 20.8. The van der Waals surface area contributed by atoms with Gasteiger partial charge in [0, 0.05) is 5.56 Å². The van der Waals surface area contributed by atoms with Gasteiger partial charge < -0.3 is 14.2 Å². The first-order valence-corrected chi connectivity index (χ1v) is 14.9. The lowest BCUT2D eigenvalue weighted by Gasteiger charge is -2.45. The van der Waals surface area contributed by atoms with Crippen molar-refractivity contribution in [2.75, 3.05) is 13.2 Å². The van der Waals surface area contributed by atoms with Crippen molar-refractivity contribution in [1.29, 1.82) is 0 Å². The molecule has 2 saturated heterocycles. The highest BCUT2D eigenvalue weighted by Gasteiger charge is 2.50. The Bertz CT molecular complexity index is 1460. The van der Waals surface area contributed by atoms with Crippen LogP contribution in [0.1, 0.15) is 23.0 Å². The summed E-state index contributed by atoms with van der Waals surface area (Å²) in [6, 6.07) is 21.4. The third-order valence-electron chi connectivity index (χ3n) is 6.40. The van der Waals surface area contributed by atoms with Gasteiger partial charge in [0.1, 0.15) is 24.4 Å². The minimum atomic E-state index is -4.32. The normalized spacial score (nSPS) is 26.0. The van der Waals surface area contributed by atoms with Crippen LogP contribution in [0.3, 0.4) is 0 Å². The standard InChI is InChI=1S/C27H28O9S2/c1-18-8-12-21(13-9-18)37(28,29)35-24-17-32-23-16-33-27(20-6-4-3-5-7-20)34-25(23)26(24)36-38(30,31)22-14-10-19(2)11-15-22/h3-15,23-27H,16-17H2,1-2H3. The van der Waals surface area contributed by atoms with Crippen LogP contribution in [0.15, 0.2) is 88.7 Å². The quantitative estimate of drug-likeness (QED) is 0.399. The summed E-state index contributed by atoms with van der Waals surface area (Å²) in [7, 11) is -8.60. The van der Waals surface area contributed by atoms with Crippen LogP contribution in [0.4, 0.5) is 0 Å². The fourth-order valence-electron chi connectivity index (χ4n) is 4.32. The van der Waals surface area contributed by atoms with E-state index >= 15 is 0 Å². The second-order valence-corrected chi connectivity index (χ2v) is 12.4. The topological polar surface area (TPSA) is 114 Å². The Hall–Kier alpha value is -2.64. The zero-order valence-corrected chi connectivity index (χ0v) is 22.4. The first-order chi connectivity index (χ1) is 18.1. The average molecular weight is 561 g/mol. The maximum absolute atomic E-state index is 13.3. The van der Waals surface area contributed by atoms with Gasteiger partial charge in [0.05, 0.1) is 23.0 Å². The van der Waals surface area contributed by atoms with E-state index in [1.54, 1.807) is 24.3 Å². The maximum Gasteiger partial charge on any atom is 0.297 e. The number of benzene rings is 3. The molecule has 5 atom stereocenters. The highest BCUT2D eigenvalue weighted by Crippen LogP contribution is 2.36. The minimum absolute atomic E-state index is 0.0691. The Morgan fingerprint density at radius 3 is 1.82 bits per heavy atom. The van der Waals surface area contributed by atoms with Gasteiger partial charge in [0.2, 0.25) is 0 Å². The van der Waals surface area contributed by atoms with E-state index in [1.807, 2.05) is 44.2 Å². The molecule has 0 amide bonds. The van der Waals surface area contributed by atoms with Gasteiger partial charge >= 0.3 is 0 Å². The van der Waals surface area contributed by atoms with Crippen molar-refractivity contribution < 1.29 is 39.4 Å². The monoisotopic (exact) mass is 560 g/mol. The molecule has 38 heavy (non-hydrogen) atoms. The van der Waals surface area contributed by atoms with Crippen molar-refractivity contribution in [3.05, 3.63) is 95.6 Å². The molecule has 0 radical (unpaired) electrons. The fourth-order valence-corrected chi connectivity index (χ4v) is 6.50. The molecule has 0 aliphatic carbocycles. The van der Waals surface area contributed by atoms with Crippen molar-refractivity contribution in [2.24, 2.45) is 0 Å². The van der Waals surface area contributed by atoms with Gasteiger partial charge in [-0.3, -0.25) is 8.37 Å². The predicted molar refractivity (Wildman–Crippen MR) is 136 cm³/mol. The third-order valence-corrected chi connectivity index (χ3v) is 9.08. The van der Waals surface area contributed by atoms with E-state index in [2.05, 4.69) is 0 Å². The number of rotatable bonds is 7. The summed E-state index contributed by atoms with van der Waals surface area (Å²) in [5.74, 6) is 0. The first kappa shape index (κ1) is 26.9. The predicted octanol–water partition coefficient (Wildman–Crippen LogP) is 3.66. The molecule has 2 aliphatic heterocycles. The van der Waals surface area contributed by atoms with Gasteiger partial charge in [-0.25, -0.2) is 0 Å². The molecule has 0 aromatic heterocycles. The van der Waals surface area contributed by atoms with Crippen LogP contribution in [0.25, 0.3) is 0 Å². The maximum atomic E-state index is 13.3. The molecule has 0 bridgehead atoms. The summed E-state index contributed by atoms with van der Waals surface area (Å²) in [6.45, 7) is 3.51. The van der Waals surface area contributed by atoms with Crippen LogP contribution in [0.5, 0.6) is 0 Å². The highest BCUT2D eigenvalue weighted by atomic mass is 32.2. The summed E-state index contributed by atoms with van der Waals surface area (Å²) in [4.78, 5) is -0.140. The van der Waals surface area contributed by atoms with Gasteiger partial charge in [-0.15, -0.1) is 0 Å². The fraction of sp³-hybridized carbons (Fsp3) is 0.333. The Balaban J connectivity index is 1.47. The lowest BCUT2D eigenvalue weighted by atomic mass is 9.99. The highest BCUT2D eigenvalue weighted by molar-refractivity contribution is 7.87. The van der Waals surface area contributed by atoms with Crippen LogP contribution >= 0.6 is 0 Å². The Morgan fingerprint density at radius 2 is 1.24 bits per heavy atom. The lowest BCUT2D eigenvalue weighted by molar-refractivity contribution is -0.307. The molecule has 202 valence electrons. The summed E-state index contributed by atoms with van der Waals surface area (Å²) in [5.41, 5.74) is 2.46. The number of fused-ring (bicyclic) bond motifs is 1. The van der Waals surface area contributed by atoms with E-state index < -0.39 is 50.9 Å². The molecular formula is C27H28O9S2. The Kier molecular flexibility index (Phi) is 7.70. The van der Waals surface area contributed by atoms with Crippen LogP contribution in [0, 0.1) is 13.8 Å². The second kappa shape index (κ2) is 10.9. The summed E-state index contributed by atoms with van der Waals surface area (Å²) in [5, 5.41) is 0. The molecule has 5 unspecified atom stereocenters. The molecular weight excluding hydrogens is 532 g/mol. The van der Waals surface area contributed by atoms with Crippen molar-refractivity contribution in [1.82, 2.24) is 0 Å². The van der Waals surface area contributed by atoms with Crippen molar-refractivity contribution in [3.8, 4) is 0 Å². The van der Waals surface area contributed by atoms with E-state index in [-0.39, 0.29) is 23.0 Å². The van der Waals surface area contributed by atoms with Gasteiger partial charge in [-0.2, -0.15) is 16.8 Å². The molecule has 9 nitrogen and oxygen atoms in total. The second-order valence-electron chi connectivity index (χ2n) is 9.28.